The predicted molar refractivity (Wildman–Crippen MR) is 65.0 cm³/mol. The fourth-order valence-corrected chi connectivity index (χ4v) is 3.34. The summed E-state index contributed by atoms with van der Waals surface area (Å²) in [5.74, 6) is 2.11. The summed E-state index contributed by atoms with van der Waals surface area (Å²) in [7, 11) is 0. The number of hydrogen-bond donors (Lipinski definition) is 1. The van der Waals surface area contributed by atoms with Gasteiger partial charge in [-0.2, -0.15) is 0 Å². The molecule has 1 aliphatic carbocycles. The van der Waals surface area contributed by atoms with Crippen LogP contribution in [0, 0.1) is 11.8 Å². The molecule has 1 saturated heterocycles. The molecule has 0 spiro atoms. The van der Waals surface area contributed by atoms with Gasteiger partial charge in [-0.05, 0) is 51.1 Å². The summed E-state index contributed by atoms with van der Waals surface area (Å²) in [6.07, 6.45) is 5.82. The molecule has 1 N–H and O–H groups in total. The van der Waals surface area contributed by atoms with Crippen molar-refractivity contribution in [3.8, 4) is 0 Å². The molecular formula is C13H26N2. The summed E-state index contributed by atoms with van der Waals surface area (Å²) in [6.45, 7) is 9.69. The van der Waals surface area contributed by atoms with Crippen LogP contribution in [0.5, 0.6) is 0 Å². The third kappa shape index (κ3) is 2.94. The van der Waals surface area contributed by atoms with E-state index < -0.39 is 0 Å². The number of likely N-dealkylation sites (tertiary alicyclic amines) is 1. The second-order valence-corrected chi connectivity index (χ2v) is 5.46. The van der Waals surface area contributed by atoms with Crippen molar-refractivity contribution < 1.29 is 0 Å². The summed E-state index contributed by atoms with van der Waals surface area (Å²) in [5, 5.41) is 3.49. The molecule has 3 atom stereocenters. The third-order valence-electron chi connectivity index (χ3n) is 4.23. The lowest BCUT2D eigenvalue weighted by molar-refractivity contribution is 0.292. The maximum atomic E-state index is 3.49. The van der Waals surface area contributed by atoms with Crippen molar-refractivity contribution >= 4 is 0 Å². The Labute approximate surface area is 94.4 Å². The monoisotopic (exact) mass is 210 g/mol. The van der Waals surface area contributed by atoms with Gasteiger partial charge in [0.2, 0.25) is 0 Å². The van der Waals surface area contributed by atoms with E-state index in [1.54, 1.807) is 0 Å². The van der Waals surface area contributed by atoms with Gasteiger partial charge < -0.3 is 10.2 Å². The van der Waals surface area contributed by atoms with Gasteiger partial charge in [0.05, 0.1) is 0 Å². The molecule has 1 heterocycles. The van der Waals surface area contributed by atoms with Crippen LogP contribution in [0.2, 0.25) is 0 Å². The second-order valence-electron chi connectivity index (χ2n) is 5.46. The van der Waals surface area contributed by atoms with Crippen molar-refractivity contribution in [2.45, 2.75) is 45.6 Å². The third-order valence-corrected chi connectivity index (χ3v) is 4.23. The molecule has 88 valence electrons. The molecule has 0 aromatic rings. The van der Waals surface area contributed by atoms with Crippen LogP contribution in [0.1, 0.15) is 39.5 Å². The highest BCUT2D eigenvalue weighted by molar-refractivity contribution is 4.88. The highest BCUT2D eigenvalue weighted by atomic mass is 15.2. The van der Waals surface area contributed by atoms with Crippen molar-refractivity contribution in [3.63, 3.8) is 0 Å². The highest BCUT2D eigenvalue weighted by Gasteiger charge is 2.35. The van der Waals surface area contributed by atoms with E-state index in [2.05, 4.69) is 24.1 Å². The van der Waals surface area contributed by atoms with Gasteiger partial charge in [0, 0.05) is 19.1 Å². The zero-order chi connectivity index (χ0) is 10.7. The number of rotatable bonds is 5. The Balaban J connectivity index is 1.65. The van der Waals surface area contributed by atoms with Crippen LogP contribution in [-0.2, 0) is 0 Å². The summed E-state index contributed by atoms with van der Waals surface area (Å²) >= 11 is 0. The van der Waals surface area contributed by atoms with E-state index in [0.29, 0.717) is 6.04 Å². The number of hydrogen-bond acceptors (Lipinski definition) is 2. The van der Waals surface area contributed by atoms with Gasteiger partial charge in [0.1, 0.15) is 0 Å². The Bertz CT molecular complexity index is 181. The molecule has 0 aromatic carbocycles. The van der Waals surface area contributed by atoms with Crippen LogP contribution in [0.15, 0.2) is 0 Å². The fraction of sp³-hybridized carbons (Fsp3) is 1.00. The summed E-state index contributed by atoms with van der Waals surface area (Å²) in [4.78, 5) is 2.70. The standard InChI is InChI=1S/C13H26N2/c1-3-14-11(2)7-8-15-9-12-5-4-6-13(12)10-15/h11-14H,3-10H2,1-2H3. The normalized spacial score (nSPS) is 33.2. The molecule has 0 radical (unpaired) electrons. The molecule has 2 nitrogen and oxygen atoms in total. The van der Waals surface area contributed by atoms with Gasteiger partial charge in [-0.15, -0.1) is 0 Å². The number of fused-ring (bicyclic) bond motifs is 1. The summed E-state index contributed by atoms with van der Waals surface area (Å²) in [6, 6.07) is 0.690. The van der Waals surface area contributed by atoms with Crippen LogP contribution < -0.4 is 5.32 Å². The minimum Gasteiger partial charge on any atom is -0.314 e. The molecule has 2 rings (SSSR count). The van der Waals surface area contributed by atoms with Crippen molar-refractivity contribution in [3.05, 3.63) is 0 Å². The smallest absolute Gasteiger partial charge is 0.00507 e. The van der Waals surface area contributed by atoms with Crippen molar-refractivity contribution in [2.75, 3.05) is 26.2 Å². The van der Waals surface area contributed by atoms with Crippen molar-refractivity contribution in [1.29, 1.82) is 0 Å². The largest absolute Gasteiger partial charge is 0.314 e. The van der Waals surface area contributed by atoms with Gasteiger partial charge in [-0.1, -0.05) is 13.3 Å². The van der Waals surface area contributed by atoms with Crippen molar-refractivity contribution in [2.24, 2.45) is 11.8 Å². The molecule has 0 amide bonds. The lowest BCUT2D eigenvalue weighted by Crippen LogP contribution is -2.31. The van der Waals surface area contributed by atoms with Crippen LogP contribution in [0.3, 0.4) is 0 Å². The van der Waals surface area contributed by atoms with E-state index in [4.69, 9.17) is 0 Å². The SMILES string of the molecule is CCNC(C)CCN1CC2CCCC2C1. The zero-order valence-corrected chi connectivity index (χ0v) is 10.3. The van der Waals surface area contributed by atoms with Crippen LogP contribution in [0.25, 0.3) is 0 Å². The quantitative estimate of drug-likeness (QED) is 0.747. The Kier molecular flexibility index (Phi) is 4.04. The van der Waals surface area contributed by atoms with Crippen LogP contribution in [0.4, 0.5) is 0 Å². The molecule has 2 aliphatic rings. The molecule has 1 aliphatic heterocycles. The minimum absolute atomic E-state index is 0.690. The van der Waals surface area contributed by atoms with Crippen molar-refractivity contribution in [1.82, 2.24) is 10.2 Å². The Morgan fingerprint density at radius 1 is 1.27 bits per heavy atom. The predicted octanol–water partition coefficient (Wildman–Crippen LogP) is 2.11. The highest BCUT2D eigenvalue weighted by Crippen LogP contribution is 2.37. The van der Waals surface area contributed by atoms with Crippen LogP contribution in [-0.4, -0.2) is 37.1 Å². The first-order valence-corrected chi connectivity index (χ1v) is 6.75. The molecule has 1 saturated carbocycles. The van der Waals surface area contributed by atoms with E-state index >= 15 is 0 Å². The lowest BCUT2D eigenvalue weighted by atomic mass is 10.0. The molecule has 2 heteroatoms. The van der Waals surface area contributed by atoms with E-state index in [1.165, 1.54) is 45.3 Å². The Morgan fingerprint density at radius 2 is 1.93 bits per heavy atom. The molecule has 2 fully saturated rings. The summed E-state index contributed by atoms with van der Waals surface area (Å²) < 4.78 is 0. The Morgan fingerprint density at radius 3 is 2.53 bits per heavy atom. The fourth-order valence-electron chi connectivity index (χ4n) is 3.34. The number of nitrogens with one attached hydrogen (secondary N) is 1. The Hall–Kier alpha value is -0.0800. The number of nitrogens with zero attached hydrogens (tertiary/aromatic N) is 1. The molecule has 15 heavy (non-hydrogen) atoms. The van der Waals surface area contributed by atoms with E-state index in [-0.39, 0.29) is 0 Å². The molecule has 3 unspecified atom stereocenters. The average molecular weight is 210 g/mol. The second kappa shape index (κ2) is 5.31. The van der Waals surface area contributed by atoms with Gasteiger partial charge in [-0.25, -0.2) is 0 Å². The summed E-state index contributed by atoms with van der Waals surface area (Å²) in [5.41, 5.74) is 0. The van der Waals surface area contributed by atoms with Gasteiger partial charge in [0.15, 0.2) is 0 Å². The topological polar surface area (TPSA) is 15.3 Å². The van der Waals surface area contributed by atoms with Gasteiger partial charge >= 0.3 is 0 Å². The van der Waals surface area contributed by atoms with Crippen LogP contribution >= 0.6 is 0 Å². The minimum atomic E-state index is 0.690. The molecule has 0 aromatic heterocycles. The molecule has 0 bridgehead atoms. The first-order valence-electron chi connectivity index (χ1n) is 6.75. The van der Waals surface area contributed by atoms with E-state index in [9.17, 15) is 0 Å². The maximum Gasteiger partial charge on any atom is 0.00507 e. The van der Waals surface area contributed by atoms with Gasteiger partial charge in [0.25, 0.3) is 0 Å². The first-order chi connectivity index (χ1) is 7.29. The lowest BCUT2D eigenvalue weighted by Gasteiger charge is -2.19. The van der Waals surface area contributed by atoms with E-state index in [0.717, 1.165) is 18.4 Å². The van der Waals surface area contributed by atoms with Gasteiger partial charge in [-0.3, -0.25) is 0 Å². The first kappa shape index (κ1) is 11.4. The zero-order valence-electron chi connectivity index (χ0n) is 10.3. The maximum absolute atomic E-state index is 3.49. The van der Waals surface area contributed by atoms with E-state index in [1.807, 2.05) is 0 Å². The average Bonchev–Trinajstić information content (AvgIpc) is 2.74. The molecular weight excluding hydrogens is 184 g/mol.